The number of ketones is 1. The Labute approximate surface area is 171 Å². The Morgan fingerprint density at radius 2 is 1.86 bits per heavy atom. The third-order valence-electron chi connectivity index (χ3n) is 4.34. The molecule has 1 aliphatic heterocycles. The molecule has 144 valence electrons. The van der Waals surface area contributed by atoms with Crippen molar-refractivity contribution in [1.82, 2.24) is 0 Å². The van der Waals surface area contributed by atoms with Crippen molar-refractivity contribution in [3.8, 4) is 11.5 Å². The number of rotatable bonds is 5. The zero-order valence-electron chi connectivity index (χ0n) is 15.0. The summed E-state index contributed by atoms with van der Waals surface area (Å²) in [5.74, 6) is 0.773. The van der Waals surface area contributed by atoms with Gasteiger partial charge in [0.15, 0.2) is 5.76 Å². The van der Waals surface area contributed by atoms with E-state index in [0.717, 1.165) is 5.56 Å². The van der Waals surface area contributed by atoms with Gasteiger partial charge in [-0.3, -0.25) is 14.9 Å². The molecule has 0 N–H and O–H groups in total. The largest absolute Gasteiger partial charge is 0.489 e. The van der Waals surface area contributed by atoms with Crippen LogP contribution in [-0.4, -0.2) is 10.7 Å². The van der Waals surface area contributed by atoms with E-state index in [1.165, 1.54) is 18.2 Å². The highest BCUT2D eigenvalue weighted by Crippen LogP contribution is 2.35. The monoisotopic (exact) mass is 407 g/mol. The van der Waals surface area contributed by atoms with Crippen LogP contribution in [0.25, 0.3) is 6.08 Å². The fraction of sp³-hybridized carbons (Fsp3) is 0.0455. The van der Waals surface area contributed by atoms with E-state index in [9.17, 15) is 14.9 Å². The van der Waals surface area contributed by atoms with Gasteiger partial charge in [-0.1, -0.05) is 35.9 Å². The van der Waals surface area contributed by atoms with Crippen molar-refractivity contribution in [2.24, 2.45) is 0 Å². The number of benzene rings is 3. The normalized spacial score (nSPS) is 13.8. The van der Waals surface area contributed by atoms with Crippen molar-refractivity contribution in [2.45, 2.75) is 6.61 Å². The Bertz CT molecular complexity index is 1140. The van der Waals surface area contributed by atoms with E-state index in [-0.39, 0.29) is 17.2 Å². The van der Waals surface area contributed by atoms with E-state index in [0.29, 0.717) is 34.3 Å². The molecule has 0 fully saturated rings. The van der Waals surface area contributed by atoms with Gasteiger partial charge in [0.1, 0.15) is 18.1 Å². The fourth-order valence-corrected chi connectivity index (χ4v) is 3.01. The molecule has 1 aliphatic rings. The number of non-ortho nitro benzene ring substituents is 1. The number of Topliss-reactive ketones (excluding diaryl/α,β-unsaturated/α-hetero) is 1. The minimum Gasteiger partial charge on any atom is -0.489 e. The van der Waals surface area contributed by atoms with Gasteiger partial charge in [0.25, 0.3) is 5.69 Å². The van der Waals surface area contributed by atoms with Gasteiger partial charge in [-0.2, -0.15) is 0 Å². The molecule has 0 saturated carbocycles. The quantitative estimate of drug-likeness (QED) is 0.319. The Morgan fingerprint density at radius 3 is 2.62 bits per heavy atom. The Hall–Kier alpha value is -3.64. The highest BCUT2D eigenvalue weighted by atomic mass is 35.5. The van der Waals surface area contributed by atoms with E-state index in [1.807, 2.05) is 12.1 Å². The van der Waals surface area contributed by atoms with Gasteiger partial charge in [-0.25, -0.2) is 0 Å². The molecule has 0 spiro atoms. The van der Waals surface area contributed by atoms with Crippen molar-refractivity contribution in [2.75, 3.05) is 0 Å². The average Bonchev–Trinajstić information content (AvgIpc) is 3.02. The maximum absolute atomic E-state index is 12.6. The highest BCUT2D eigenvalue weighted by molar-refractivity contribution is 6.30. The molecule has 3 aromatic carbocycles. The molecular formula is C22H14ClNO5. The zero-order chi connectivity index (χ0) is 20.4. The predicted octanol–water partition coefficient (Wildman–Crippen LogP) is 5.44. The molecule has 7 heteroatoms. The van der Waals surface area contributed by atoms with Gasteiger partial charge >= 0.3 is 0 Å². The third kappa shape index (κ3) is 4.12. The van der Waals surface area contributed by atoms with Crippen molar-refractivity contribution < 1.29 is 19.2 Å². The van der Waals surface area contributed by atoms with Gasteiger partial charge in [0.05, 0.1) is 10.5 Å². The van der Waals surface area contributed by atoms with E-state index in [1.54, 1.807) is 42.5 Å². The summed E-state index contributed by atoms with van der Waals surface area (Å²) in [6.45, 7) is 0.348. The zero-order valence-corrected chi connectivity index (χ0v) is 15.8. The highest BCUT2D eigenvalue weighted by Gasteiger charge is 2.27. The molecule has 0 aromatic heterocycles. The lowest BCUT2D eigenvalue weighted by atomic mass is 10.1. The van der Waals surface area contributed by atoms with Crippen LogP contribution in [0, 0.1) is 10.1 Å². The van der Waals surface area contributed by atoms with E-state index >= 15 is 0 Å². The summed E-state index contributed by atoms with van der Waals surface area (Å²) >= 11 is 5.87. The molecular weight excluding hydrogens is 394 g/mol. The van der Waals surface area contributed by atoms with E-state index in [2.05, 4.69) is 0 Å². The van der Waals surface area contributed by atoms with Crippen molar-refractivity contribution >= 4 is 29.1 Å². The first kappa shape index (κ1) is 18.7. The third-order valence-corrected chi connectivity index (χ3v) is 4.59. The molecule has 0 amide bonds. The lowest BCUT2D eigenvalue weighted by Gasteiger charge is -2.07. The molecule has 0 saturated heterocycles. The second kappa shape index (κ2) is 7.77. The fourth-order valence-electron chi connectivity index (χ4n) is 2.88. The average molecular weight is 408 g/mol. The second-order valence-electron chi connectivity index (χ2n) is 6.36. The van der Waals surface area contributed by atoms with Gasteiger partial charge < -0.3 is 9.47 Å². The number of halogens is 1. The second-order valence-corrected chi connectivity index (χ2v) is 6.80. The molecule has 4 rings (SSSR count). The van der Waals surface area contributed by atoms with E-state index in [4.69, 9.17) is 21.1 Å². The van der Waals surface area contributed by atoms with E-state index < -0.39 is 4.92 Å². The number of nitro benzene ring substituents is 1. The number of carbonyl (C=O) groups is 1. The first-order valence-corrected chi connectivity index (χ1v) is 9.07. The van der Waals surface area contributed by atoms with Crippen molar-refractivity contribution in [3.05, 3.63) is 104 Å². The standard InChI is InChI=1S/C22H14ClNO5/c23-16-6-4-14(5-7-16)13-28-18-8-9-19-20(12-18)29-21(22(19)25)11-15-2-1-3-17(10-15)24(26)27/h1-12H,13H2. The number of fused-ring (bicyclic) bond motifs is 1. The summed E-state index contributed by atoms with van der Waals surface area (Å²) < 4.78 is 11.4. The van der Waals surface area contributed by atoms with Crippen LogP contribution >= 0.6 is 11.6 Å². The van der Waals surface area contributed by atoms with Gasteiger partial charge in [0.2, 0.25) is 5.78 Å². The molecule has 1 heterocycles. The van der Waals surface area contributed by atoms with Crippen LogP contribution in [0.3, 0.4) is 0 Å². The van der Waals surface area contributed by atoms with Crippen LogP contribution in [0.15, 0.2) is 72.5 Å². The Morgan fingerprint density at radius 1 is 1.07 bits per heavy atom. The molecule has 0 unspecified atom stereocenters. The summed E-state index contributed by atoms with van der Waals surface area (Å²) in [6, 6.07) is 18.3. The number of nitro groups is 1. The number of carbonyl (C=O) groups excluding carboxylic acids is 1. The first-order valence-electron chi connectivity index (χ1n) is 8.69. The predicted molar refractivity (Wildman–Crippen MR) is 108 cm³/mol. The Kier molecular flexibility index (Phi) is 5.01. The summed E-state index contributed by atoms with van der Waals surface area (Å²) in [6.07, 6.45) is 1.49. The number of allylic oxidation sites excluding steroid dienone is 1. The molecule has 0 radical (unpaired) electrons. The Balaban J connectivity index is 1.51. The summed E-state index contributed by atoms with van der Waals surface area (Å²) in [5.41, 5.74) is 1.83. The first-order chi connectivity index (χ1) is 14.0. The topological polar surface area (TPSA) is 78.7 Å². The maximum atomic E-state index is 12.6. The van der Waals surface area contributed by atoms with Crippen LogP contribution in [0.5, 0.6) is 11.5 Å². The van der Waals surface area contributed by atoms with Crippen LogP contribution < -0.4 is 9.47 Å². The van der Waals surface area contributed by atoms with Gasteiger partial charge in [-0.05, 0) is 41.5 Å². The number of nitrogens with zero attached hydrogens (tertiary/aromatic N) is 1. The molecule has 29 heavy (non-hydrogen) atoms. The summed E-state index contributed by atoms with van der Waals surface area (Å²) in [7, 11) is 0. The molecule has 0 bridgehead atoms. The summed E-state index contributed by atoms with van der Waals surface area (Å²) in [5, 5.41) is 11.6. The van der Waals surface area contributed by atoms with Crippen molar-refractivity contribution in [1.29, 1.82) is 0 Å². The lowest BCUT2D eigenvalue weighted by Crippen LogP contribution is -1.98. The smallest absolute Gasteiger partial charge is 0.270 e. The van der Waals surface area contributed by atoms with Gasteiger partial charge in [-0.15, -0.1) is 0 Å². The number of ether oxygens (including phenoxy) is 2. The minimum atomic E-state index is -0.488. The van der Waals surface area contributed by atoms with Crippen LogP contribution in [-0.2, 0) is 6.61 Å². The van der Waals surface area contributed by atoms with Gasteiger partial charge in [0, 0.05) is 23.2 Å². The van der Waals surface area contributed by atoms with Crippen LogP contribution in [0.2, 0.25) is 5.02 Å². The maximum Gasteiger partial charge on any atom is 0.270 e. The van der Waals surface area contributed by atoms with Crippen LogP contribution in [0.1, 0.15) is 21.5 Å². The minimum absolute atomic E-state index is 0.0554. The summed E-state index contributed by atoms with van der Waals surface area (Å²) in [4.78, 5) is 23.0. The molecule has 6 nitrogen and oxygen atoms in total. The number of hydrogen-bond acceptors (Lipinski definition) is 5. The molecule has 0 atom stereocenters. The SMILES string of the molecule is O=C1C(=Cc2cccc([N+](=O)[O-])c2)Oc2cc(OCc3ccc(Cl)cc3)ccc21. The lowest BCUT2D eigenvalue weighted by molar-refractivity contribution is -0.384. The number of hydrogen-bond donors (Lipinski definition) is 0. The molecule has 0 aliphatic carbocycles. The van der Waals surface area contributed by atoms with Crippen molar-refractivity contribution in [3.63, 3.8) is 0 Å². The molecule has 3 aromatic rings. The van der Waals surface area contributed by atoms with Crippen LogP contribution in [0.4, 0.5) is 5.69 Å².